The lowest BCUT2D eigenvalue weighted by Crippen LogP contribution is -2.36. The normalized spacial score (nSPS) is 14.3. The summed E-state index contributed by atoms with van der Waals surface area (Å²) in [4.78, 5) is 16.4. The predicted molar refractivity (Wildman–Crippen MR) is 70.0 cm³/mol. The maximum Gasteiger partial charge on any atom is 0.195 e. The Labute approximate surface area is 108 Å². The molecule has 1 aromatic rings. The van der Waals surface area contributed by atoms with Gasteiger partial charge in [0.25, 0.3) is 0 Å². The van der Waals surface area contributed by atoms with Crippen molar-refractivity contribution in [1.82, 2.24) is 4.98 Å². The fraction of sp³-hybridized carbons (Fsp3) is 0.571. The molecule has 0 fully saturated rings. The second kappa shape index (κ2) is 5.96. The number of ether oxygens (including phenoxy) is 2. The van der Waals surface area contributed by atoms with Crippen molar-refractivity contribution in [2.24, 2.45) is 0 Å². The molecule has 0 aromatic carbocycles. The Morgan fingerprint density at radius 3 is 2.61 bits per heavy atom. The van der Waals surface area contributed by atoms with Crippen molar-refractivity contribution < 1.29 is 14.3 Å². The van der Waals surface area contributed by atoms with Gasteiger partial charge < -0.3 is 9.47 Å². The molecule has 4 nitrogen and oxygen atoms in total. The zero-order chi connectivity index (χ0) is 13.8. The van der Waals surface area contributed by atoms with Crippen LogP contribution in [0.2, 0.25) is 0 Å². The Kier molecular flexibility index (Phi) is 4.84. The molecular weight excluding hydrogens is 230 g/mol. The van der Waals surface area contributed by atoms with Crippen LogP contribution in [-0.4, -0.2) is 29.6 Å². The van der Waals surface area contributed by atoms with Gasteiger partial charge in [0.1, 0.15) is 11.4 Å². The minimum absolute atomic E-state index is 0.0529. The molecule has 0 saturated heterocycles. The Hall–Kier alpha value is -1.42. The van der Waals surface area contributed by atoms with Crippen LogP contribution in [0.1, 0.15) is 44.5 Å². The highest BCUT2D eigenvalue weighted by Crippen LogP contribution is 2.22. The first-order chi connectivity index (χ1) is 8.42. The molecule has 4 heteroatoms. The van der Waals surface area contributed by atoms with Crippen LogP contribution in [0, 0.1) is 0 Å². The topological polar surface area (TPSA) is 48.4 Å². The van der Waals surface area contributed by atoms with Gasteiger partial charge in [-0.2, -0.15) is 0 Å². The lowest BCUT2D eigenvalue weighted by Gasteiger charge is -2.24. The third-order valence-electron chi connectivity index (χ3n) is 2.95. The molecule has 1 aromatic heterocycles. The molecule has 0 amide bonds. The van der Waals surface area contributed by atoms with Crippen molar-refractivity contribution in [1.29, 1.82) is 0 Å². The van der Waals surface area contributed by atoms with Crippen molar-refractivity contribution in [3.05, 3.63) is 24.0 Å². The summed E-state index contributed by atoms with van der Waals surface area (Å²) < 4.78 is 10.8. The molecule has 0 saturated carbocycles. The van der Waals surface area contributed by atoms with Crippen LogP contribution >= 0.6 is 0 Å². The number of pyridine rings is 1. The van der Waals surface area contributed by atoms with Gasteiger partial charge >= 0.3 is 0 Å². The van der Waals surface area contributed by atoms with E-state index in [-0.39, 0.29) is 11.9 Å². The molecule has 0 aliphatic rings. The van der Waals surface area contributed by atoms with Gasteiger partial charge in [0.05, 0.1) is 12.3 Å². The Bertz CT molecular complexity index is 411. The molecule has 100 valence electrons. The van der Waals surface area contributed by atoms with Crippen LogP contribution in [-0.2, 0) is 4.74 Å². The average Bonchev–Trinajstić information content (AvgIpc) is 2.36. The summed E-state index contributed by atoms with van der Waals surface area (Å²) >= 11 is 0. The zero-order valence-electron chi connectivity index (χ0n) is 11.7. The SMILES string of the molecule is CCC(C)(OC)C(=O)c1cncc(OC(C)C)c1. The maximum atomic E-state index is 12.3. The molecule has 0 spiro atoms. The van der Waals surface area contributed by atoms with Crippen molar-refractivity contribution in [3.8, 4) is 5.75 Å². The lowest BCUT2D eigenvalue weighted by molar-refractivity contribution is 0.0105. The summed E-state index contributed by atoms with van der Waals surface area (Å²) in [5, 5.41) is 0. The van der Waals surface area contributed by atoms with E-state index in [0.29, 0.717) is 17.7 Å². The Balaban J connectivity index is 2.99. The second-order valence-electron chi connectivity index (χ2n) is 4.69. The van der Waals surface area contributed by atoms with E-state index in [2.05, 4.69) is 4.98 Å². The van der Waals surface area contributed by atoms with Gasteiger partial charge in [-0.15, -0.1) is 0 Å². The molecule has 0 bridgehead atoms. The van der Waals surface area contributed by atoms with Crippen LogP contribution in [0.25, 0.3) is 0 Å². The van der Waals surface area contributed by atoms with E-state index < -0.39 is 5.60 Å². The number of methoxy groups -OCH3 is 1. The first kappa shape index (κ1) is 14.6. The van der Waals surface area contributed by atoms with E-state index in [1.807, 2.05) is 20.8 Å². The zero-order valence-corrected chi connectivity index (χ0v) is 11.7. The van der Waals surface area contributed by atoms with Crippen LogP contribution in [0.3, 0.4) is 0 Å². The first-order valence-corrected chi connectivity index (χ1v) is 6.14. The summed E-state index contributed by atoms with van der Waals surface area (Å²) in [5.41, 5.74) is -0.294. The minimum atomic E-state index is -0.807. The maximum absolute atomic E-state index is 12.3. The predicted octanol–water partition coefficient (Wildman–Crippen LogP) is 2.87. The third-order valence-corrected chi connectivity index (χ3v) is 2.95. The van der Waals surface area contributed by atoms with Crippen molar-refractivity contribution in [2.45, 2.75) is 45.8 Å². The highest BCUT2D eigenvalue weighted by molar-refractivity contribution is 6.02. The van der Waals surface area contributed by atoms with E-state index in [0.717, 1.165) is 0 Å². The number of aromatic nitrogens is 1. The summed E-state index contributed by atoms with van der Waals surface area (Å²) in [6.07, 6.45) is 3.81. The molecular formula is C14H21NO3. The van der Waals surface area contributed by atoms with Crippen LogP contribution in [0.4, 0.5) is 0 Å². The quantitative estimate of drug-likeness (QED) is 0.729. The second-order valence-corrected chi connectivity index (χ2v) is 4.69. The lowest BCUT2D eigenvalue weighted by atomic mass is 9.93. The highest BCUT2D eigenvalue weighted by Gasteiger charge is 2.32. The number of rotatable bonds is 6. The monoisotopic (exact) mass is 251 g/mol. The Morgan fingerprint density at radius 2 is 2.11 bits per heavy atom. The van der Waals surface area contributed by atoms with Crippen molar-refractivity contribution in [2.75, 3.05) is 7.11 Å². The molecule has 1 rings (SSSR count). The van der Waals surface area contributed by atoms with E-state index in [4.69, 9.17) is 9.47 Å². The van der Waals surface area contributed by atoms with Gasteiger partial charge in [-0.3, -0.25) is 9.78 Å². The molecule has 0 aliphatic heterocycles. The minimum Gasteiger partial charge on any atom is -0.489 e. The number of hydrogen-bond acceptors (Lipinski definition) is 4. The Morgan fingerprint density at radius 1 is 1.44 bits per heavy atom. The molecule has 1 heterocycles. The van der Waals surface area contributed by atoms with Crippen molar-refractivity contribution >= 4 is 5.78 Å². The number of hydrogen-bond donors (Lipinski definition) is 0. The van der Waals surface area contributed by atoms with Gasteiger partial charge in [0, 0.05) is 18.9 Å². The first-order valence-electron chi connectivity index (χ1n) is 6.14. The van der Waals surface area contributed by atoms with Gasteiger partial charge in [-0.05, 0) is 33.3 Å². The number of ketones is 1. The highest BCUT2D eigenvalue weighted by atomic mass is 16.5. The third kappa shape index (κ3) is 3.29. The summed E-state index contributed by atoms with van der Waals surface area (Å²) in [6.45, 7) is 7.56. The summed E-state index contributed by atoms with van der Waals surface area (Å²) in [5.74, 6) is 0.527. The fourth-order valence-electron chi connectivity index (χ4n) is 1.58. The van der Waals surface area contributed by atoms with Gasteiger partial charge in [0.15, 0.2) is 5.78 Å². The fourth-order valence-corrected chi connectivity index (χ4v) is 1.58. The molecule has 0 radical (unpaired) electrons. The standard InChI is InChI=1S/C14H21NO3/c1-6-14(4,17-5)13(16)11-7-12(9-15-8-11)18-10(2)3/h7-10H,6H2,1-5H3. The average molecular weight is 251 g/mol. The van der Waals surface area contributed by atoms with Crippen LogP contribution in [0.5, 0.6) is 5.75 Å². The van der Waals surface area contributed by atoms with E-state index >= 15 is 0 Å². The number of nitrogens with zero attached hydrogens (tertiary/aromatic N) is 1. The van der Waals surface area contributed by atoms with E-state index in [9.17, 15) is 4.79 Å². The van der Waals surface area contributed by atoms with Gasteiger partial charge in [-0.1, -0.05) is 6.92 Å². The van der Waals surface area contributed by atoms with Gasteiger partial charge in [-0.25, -0.2) is 0 Å². The van der Waals surface area contributed by atoms with Crippen LogP contribution in [0.15, 0.2) is 18.5 Å². The summed E-state index contributed by atoms with van der Waals surface area (Å²) in [6, 6.07) is 1.71. The summed E-state index contributed by atoms with van der Waals surface area (Å²) in [7, 11) is 1.54. The van der Waals surface area contributed by atoms with Crippen LogP contribution < -0.4 is 4.74 Å². The molecule has 1 atom stereocenters. The van der Waals surface area contributed by atoms with E-state index in [1.165, 1.54) is 0 Å². The molecule has 18 heavy (non-hydrogen) atoms. The van der Waals surface area contributed by atoms with Gasteiger partial charge in [0.2, 0.25) is 0 Å². The largest absolute Gasteiger partial charge is 0.489 e. The number of carbonyl (C=O) groups excluding carboxylic acids is 1. The van der Waals surface area contributed by atoms with Crippen molar-refractivity contribution in [3.63, 3.8) is 0 Å². The van der Waals surface area contributed by atoms with E-state index in [1.54, 1.807) is 32.5 Å². The molecule has 0 aliphatic carbocycles. The number of Topliss-reactive ketones (excluding diaryl/α,β-unsaturated/α-hetero) is 1. The molecule has 0 N–H and O–H groups in total. The number of carbonyl (C=O) groups is 1. The molecule has 1 unspecified atom stereocenters. The smallest absolute Gasteiger partial charge is 0.195 e.